The van der Waals surface area contributed by atoms with Crippen molar-refractivity contribution in [2.45, 2.75) is 128 Å². The second-order valence-corrected chi connectivity index (χ2v) is 48.9. The third-order valence-electron chi connectivity index (χ3n) is 22.0. The number of thioether (sulfide) groups is 4. The number of ketones is 2. The predicted octanol–water partition coefficient (Wildman–Crippen LogP) is 23.8. The Bertz CT molecular complexity index is 7040. The number of pyridine rings is 3. The number of carbonyl (C=O) groups excluding carboxylic acids is 3. The molecule has 0 radical (unpaired) electrons. The van der Waals surface area contributed by atoms with Gasteiger partial charge in [-0.25, -0.2) is 64.8 Å². The van der Waals surface area contributed by atoms with E-state index in [4.69, 9.17) is 27.3 Å². The number of nitrogens with zero attached hydrogens (tertiary/aromatic N) is 20. The number of alkyl halides is 1. The Hall–Kier alpha value is -10.9. The normalized spacial score (nSPS) is 11.4. The number of aryl methyl sites for hydroxylation is 5. The molecule has 0 fully saturated rings. The van der Waals surface area contributed by atoms with Gasteiger partial charge in [-0.2, -0.15) is 22.3 Å². The molecular weight excluding hydrogens is 2050 g/mol. The van der Waals surface area contributed by atoms with Crippen molar-refractivity contribution in [2.75, 3.05) is 44.1 Å². The van der Waals surface area contributed by atoms with E-state index >= 15 is 0 Å². The molecule has 26 nitrogen and oxygen atoms in total. The van der Waals surface area contributed by atoms with Gasteiger partial charge >= 0.3 is 0 Å². The topological polar surface area (TPSA) is 351 Å². The van der Waals surface area contributed by atoms with Gasteiger partial charge in [0.1, 0.15) is 98.2 Å². The van der Waals surface area contributed by atoms with Gasteiger partial charge in [-0.05, 0) is 131 Å². The molecule has 0 aliphatic rings. The highest BCUT2D eigenvalue weighted by Gasteiger charge is 2.30. The van der Waals surface area contributed by atoms with Crippen LogP contribution >= 0.6 is 134 Å². The zero-order valence-corrected chi connectivity index (χ0v) is 92.7. The number of thiazole rings is 5. The van der Waals surface area contributed by atoms with Crippen molar-refractivity contribution in [3.8, 4) is 78.0 Å². The van der Waals surface area contributed by atoms with E-state index in [0.29, 0.717) is 64.0 Å². The number of thiophene rings is 1. The van der Waals surface area contributed by atoms with E-state index in [0.717, 1.165) is 174 Å². The number of Topliss-reactive ketones (excluding diaryl/α,β-unsaturated/α-hetero) is 1. The van der Waals surface area contributed by atoms with Gasteiger partial charge in [-0.1, -0.05) is 168 Å². The highest BCUT2D eigenvalue weighted by atomic mass is 35.5. The van der Waals surface area contributed by atoms with Crippen LogP contribution in [0.4, 0.5) is 5.69 Å². The second kappa shape index (κ2) is 57.0. The van der Waals surface area contributed by atoms with Crippen molar-refractivity contribution in [2.24, 2.45) is 35.2 Å². The van der Waals surface area contributed by atoms with E-state index in [1.54, 1.807) is 112 Å². The fourth-order valence-corrected chi connectivity index (χ4v) is 28.8. The minimum atomic E-state index is -2.26. The minimum Gasteiger partial charge on any atom is -0.396 e. The maximum atomic E-state index is 13.2. The van der Waals surface area contributed by atoms with Gasteiger partial charge in [0, 0.05) is 143 Å². The maximum absolute atomic E-state index is 13.2. The fraction of sp³-hybridized carbons (Fsp3) is 0.284. The Balaban J connectivity index is 0.000000164. The molecule has 0 saturated carbocycles. The summed E-state index contributed by atoms with van der Waals surface area (Å²) in [6, 6.07) is 41.6. The van der Waals surface area contributed by atoms with Gasteiger partial charge in [0.05, 0.1) is 91.7 Å². The van der Waals surface area contributed by atoms with Gasteiger partial charge in [0.15, 0.2) is 16.3 Å². The first-order chi connectivity index (χ1) is 68.9. The molecule has 2 N–H and O–H groups in total. The van der Waals surface area contributed by atoms with Crippen LogP contribution in [0.25, 0.3) is 82.2 Å². The molecule has 0 aliphatic heterocycles. The Morgan fingerprint density at radius 2 is 0.887 bits per heavy atom. The standard InChI is InChI=1S/C23H18NOPS.2C19H21N5OS3.C19H21N5S3.C11H11N3OS.C6H8N2O.C5H11ClS/c25-22(23-24-16-17-27-23)18-26(19-10-4-1-5-11-19,20-12-6-2-7-13-20)21-14-8-3-9-15-21;1-4-5-8-28(25)19-16(20)15-12(14-10-22-11(2)24(14)3)9-13(23-18(15)27-19)17-21-6-7-26-17;1-4-5-8-28(25)12-27-18-15(10-20)14(17-11-22-13(2)24(17)3)9-16(23-18)19-21-6-7-26-19;1-4-5-7-25-12-27-18-15(10-20)14(17-11-22-13(2)24(17)3)9-16(23-18)19-21-6-8-26-19;1-8-13-7-9(14(8)2)3-4-10(15)11-12-5-6-16-11;1-5-7-3-6(4-9)8(5)2;1-2-3-4-7-5-6/h1-18H;6-7,9-10H,4-5,8,20H2,1-3H3;6-7,9,11H,4-5,8,12H2,1-3H3;6,8-9,11H,4-5,7,12H2,1-3H3;3-7H,1-2H3;3-4H,1-2H3;2-5H2,1H3/b;;;;4-3+;;. The summed E-state index contributed by atoms with van der Waals surface area (Å²) in [5.41, 5.74) is 17.3. The number of carbonyl (C=O) groups is 3. The molecule has 2 atom stereocenters. The van der Waals surface area contributed by atoms with Crippen LogP contribution in [-0.4, -0.2) is 158 Å². The molecule has 142 heavy (non-hydrogen) atoms. The van der Waals surface area contributed by atoms with Gasteiger partial charge in [-0.3, -0.25) is 22.8 Å². The van der Waals surface area contributed by atoms with E-state index in [9.17, 15) is 33.3 Å². The Morgan fingerprint density at radius 1 is 0.486 bits per heavy atom. The molecule has 2 unspecified atom stereocenters. The molecule has 0 aliphatic carbocycles. The number of hydrogen-bond donors (Lipinski definition) is 1. The number of imidazole rings is 5. The lowest BCUT2D eigenvalue weighted by Crippen LogP contribution is -2.28. The van der Waals surface area contributed by atoms with Crippen LogP contribution in [0.5, 0.6) is 0 Å². The number of nitrogen functional groups attached to an aromatic ring is 1. The SMILES string of the molecule is CCCCS(=O)CSc1nc(-c2nccs2)cc(-c2cnc(C)n2C)c1C#N.CCCCS(=O)c1sc2nc(-c3nccs3)cc(-c3cnc(C)n3C)c2c1N.CCCCSCCl.CCCCSCSc1nc(-c2nccs2)cc(-c2cnc(C)n2C)c1C#N.Cc1ncc(/C=C/C(=O)c2nccs2)n1C.Cc1ncc(C=O)n1C.O=C(C=P(c1ccccc1)(c1ccccc1)c1ccccc1)c1nccs1. The lowest BCUT2D eigenvalue weighted by atomic mass is 10.1. The Morgan fingerprint density at radius 3 is 1.28 bits per heavy atom. The molecule has 14 aromatic heterocycles. The second-order valence-electron chi connectivity index (χ2n) is 31.3. The van der Waals surface area contributed by atoms with Gasteiger partial charge in [0.2, 0.25) is 11.6 Å². The zero-order valence-electron chi connectivity index (χ0n) is 81.3. The Labute approximate surface area is 880 Å². The Kier molecular flexibility index (Phi) is 44.7. The summed E-state index contributed by atoms with van der Waals surface area (Å²) in [5, 5.41) is 40.4. The lowest BCUT2D eigenvalue weighted by Gasteiger charge is -2.28. The van der Waals surface area contributed by atoms with Crippen molar-refractivity contribution in [3.05, 3.63) is 266 Å². The van der Waals surface area contributed by atoms with Crippen molar-refractivity contribution >= 4 is 217 Å². The number of nitrogens with two attached hydrogens (primary N) is 1. The summed E-state index contributed by atoms with van der Waals surface area (Å²) in [7, 11) is 7.54. The first-order valence-corrected chi connectivity index (χ1v) is 59.9. The zero-order chi connectivity index (χ0) is 102. The summed E-state index contributed by atoms with van der Waals surface area (Å²) in [5.74, 6) is 9.93. The summed E-state index contributed by atoms with van der Waals surface area (Å²) < 4.78 is 35.4. The van der Waals surface area contributed by atoms with Crippen LogP contribution in [0.2, 0.25) is 0 Å². The summed E-state index contributed by atoms with van der Waals surface area (Å²) in [4.78, 5) is 92.6. The average molecular weight is 2160 g/mol. The number of halogens is 1. The van der Waals surface area contributed by atoms with Crippen LogP contribution in [0.1, 0.15) is 155 Å². The number of hydrogen-bond acceptors (Lipinski definition) is 31. The molecule has 17 rings (SSSR count). The van der Waals surface area contributed by atoms with E-state index in [-0.39, 0.29) is 11.6 Å². The smallest absolute Gasteiger partial charge is 0.215 e. The predicted molar refractivity (Wildman–Crippen MR) is 601 cm³/mol. The monoisotopic (exact) mass is 2160 g/mol. The molecule has 17 aromatic rings. The third kappa shape index (κ3) is 29.7. The van der Waals surface area contributed by atoms with E-state index in [1.165, 1.54) is 94.6 Å². The minimum absolute atomic E-state index is 0.0186. The number of anilines is 1. The summed E-state index contributed by atoms with van der Waals surface area (Å²) in [6.07, 6.45) is 30.2. The molecule has 0 bridgehead atoms. The number of unbranched alkanes of at least 4 members (excludes halogenated alkanes) is 4. The number of allylic oxidation sites excluding steroid dienone is 1. The quantitative estimate of drug-likeness (QED) is 0.00563. The number of rotatable bonds is 35. The highest BCUT2D eigenvalue weighted by molar-refractivity contribution is 8.16. The number of benzene rings is 3. The van der Waals surface area contributed by atoms with Crippen LogP contribution in [0.15, 0.2) is 218 Å². The van der Waals surface area contributed by atoms with Crippen LogP contribution in [-0.2, 0) is 56.8 Å². The largest absolute Gasteiger partial charge is 0.396 e. The molecular formula is C102H111ClN21O5PS12. The molecule has 40 heteroatoms. The van der Waals surface area contributed by atoms with Crippen LogP contribution in [0.3, 0.4) is 0 Å². The molecule has 0 spiro atoms. The lowest BCUT2D eigenvalue weighted by molar-refractivity contribution is 0.104. The fourth-order valence-electron chi connectivity index (χ4n) is 13.7. The van der Waals surface area contributed by atoms with Crippen LogP contribution in [0, 0.1) is 57.3 Å². The molecule has 14 heterocycles. The molecule has 0 saturated heterocycles. The maximum Gasteiger partial charge on any atom is 0.215 e. The average Bonchev–Trinajstić information content (AvgIpc) is 1.59. The summed E-state index contributed by atoms with van der Waals surface area (Å²) in [6.45, 7) is 15.9. The summed E-state index contributed by atoms with van der Waals surface area (Å²) >= 11 is 20.8. The van der Waals surface area contributed by atoms with Gasteiger partial charge in [0.25, 0.3) is 0 Å². The van der Waals surface area contributed by atoms with E-state index < -0.39 is 28.5 Å². The van der Waals surface area contributed by atoms with E-state index in [1.807, 2.05) is 212 Å². The van der Waals surface area contributed by atoms with Crippen molar-refractivity contribution in [1.29, 1.82) is 10.5 Å². The molecule has 738 valence electrons. The first kappa shape index (κ1) is 111. The number of aldehydes is 1. The van der Waals surface area contributed by atoms with Crippen molar-refractivity contribution < 1.29 is 22.8 Å². The van der Waals surface area contributed by atoms with Gasteiger partial charge < -0.3 is 28.6 Å². The van der Waals surface area contributed by atoms with Crippen molar-refractivity contribution in [1.82, 2.24) is 87.6 Å². The first-order valence-electron chi connectivity index (χ1n) is 45.2. The molecule has 3 aromatic carbocycles. The van der Waals surface area contributed by atoms with Crippen LogP contribution < -0.4 is 21.6 Å². The van der Waals surface area contributed by atoms with E-state index in [2.05, 4.69) is 131 Å². The van der Waals surface area contributed by atoms with Crippen molar-refractivity contribution in [3.63, 3.8) is 0 Å². The molecule has 0 amide bonds. The number of aromatic nitrogens is 18. The van der Waals surface area contributed by atoms with Gasteiger partial charge in [-0.15, -0.1) is 91.4 Å². The number of nitriles is 2. The third-order valence-corrected chi connectivity index (χ3v) is 39.2. The number of fused-ring (bicyclic) bond motifs is 1. The highest BCUT2D eigenvalue weighted by Crippen LogP contribution is 2.46.